The molecule has 4 atom stereocenters. The number of carboxylic acid groups (broad SMARTS) is 1. The van der Waals surface area contributed by atoms with Gasteiger partial charge in [-0.2, -0.15) is 0 Å². The van der Waals surface area contributed by atoms with Gasteiger partial charge < -0.3 is 26.8 Å². The van der Waals surface area contributed by atoms with Gasteiger partial charge in [0.15, 0.2) is 0 Å². The van der Waals surface area contributed by atoms with Crippen LogP contribution in [-0.4, -0.2) is 53.5 Å². The van der Waals surface area contributed by atoms with Gasteiger partial charge in [-0.3, -0.25) is 19.2 Å². The topological polar surface area (TPSA) is 151 Å². The van der Waals surface area contributed by atoms with Crippen molar-refractivity contribution >= 4 is 23.7 Å². The van der Waals surface area contributed by atoms with E-state index < -0.39 is 41.8 Å². The van der Waals surface area contributed by atoms with Crippen molar-refractivity contribution in [1.82, 2.24) is 16.0 Å². The Morgan fingerprint density at radius 3 is 2.00 bits per heavy atom. The number of aliphatic carboxylic acids is 1. The average Bonchev–Trinajstić information content (AvgIpc) is 2.55. The highest BCUT2D eigenvalue weighted by Crippen LogP contribution is 2.05. The Hall–Kier alpha value is -2.16. The zero-order valence-corrected chi connectivity index (χ0v) is 15.5. The average molecular weight is 358 g/mol. The van der Waals surface area contributed by atoms with E-state index >= 15 is 0 Å². The van der Waals surface area contributed by atoms with Crippen LogP contribution >= 0.6 is 0 Å². The smallest absolute Gasteiger partial charge is 0.325 e. The summed E-state index contributed by atoms with van der Waals surface area (Å²) in [5.74, 6) is -3.04. The Balaban J connectivity index is 4.63. The monoisotopic (exact) mass is 358 g/mol. The number of carbonyl (C=O) groups is 4. The van der Waals surface area contributed by atoms with E-state index in [-0.39, 0.29) is 18.4 Å². The largest absolute Gasteiger partial charge is 0.480 e. The quantitative estimate of drug-likeness (QED) is 0.345. The first-order valence-corrected chi connectivity index (χ1v) is 8.37. The van der Waals surface area contributed by atoms with Crippen molar-refractivity contribution in [2.24, 2.45) is 17.6 Å². The van der Waals surface area contributed by atoms with Gasteiger partial charge in [0.25, 0.3) is 0 Å². The molecule has 9 heteroatoms. The highest BCUT2D eigenvalue weighted by Gasteiger charge is 2.27. The molecule has 0 aromatic heterocycles. The van der Waals surface area contributed by atoms with Crippen LogP contribution in [-0.2, 0) is 19.2 Å². The SMILES string of the molecule is CC[C@H](C)[C@H](N)C(=O)NCC(=O)N[C@H](C(=O)N[C@@H](C)C(=O)O)C(C)C. The molecule has 0 bridgehead atoms. The molecule has 0 aliphatic heterocycles. The number of nitrogens with two attached hydrogens (primary N) is 1. The van der Waals surface area contributed by atoms with Gasteiger partial charge in [-0.05, 0) is 18.8 Å². The molecule has 0 aromatic carbocycles. The third-order valence-electron chi connectivity index (χ3n) is 3.98. The Bertz CT molecular complexity index is 495. The summed E-state index contributed by atoms with van der Waals surface area (Å²) in [6.07, 6.45) is 0.734. The maximum atomic E-state index is 12.1. The zero-order valence-electron chi connectivity index (χ0n) is 15.5. The molecule has 0 fully saturated rings. The molecular weight excluding hydrogens is 328 g/mol. The Labute approximate surface area is 148 Å². The first-order chi connectivity index (χ1) is 11.5. The van der Waals surface area contributed by atoms with Gasteiger partial charge in [0.05, 0.1) is 12.6 Å². The third-order valence-corrected chi connectivity index (χ3v) is 3.98. The van der Waals surface area contributed by atoms with Crippen LogP contribution in [0.25, 0.3) is 0 Å². The van der Waals surface area contributed by atoms with Crippen LogP contribution in [0.3, 0.4) is 0 Å². The summed E-state index contributed by atoms with van der Waals surface area (Å²) in [5, 5.41) is 16.1. The van der Waals surface area contributed by atoms with E-state index in [0.29, 0.717) is 0 Å². The Morgan fingerprint density at radius 2 is 1.56 bits per heavy atom. The molecule has 3 amide bonds. The lowest BCUT2D eigenvalue weighted by Gasteiger charge is -2.23. The van der Waals surface area contributed by atoms with E-state index in [1.54, 1.807) is 13.8 Å². The fourth-order valence-electron chi connectivity index (χ4n) is 1.92. The number of carbonyl (C=O) groups excluding carboxylic acids is 3. The van der Waals surface area contributed by atoms with E-state index in [1.165, 1.54) is 6.92 Å². The minimum absolute atomic E-state index is 0.0187. The van der Waals surface area contributed by atoms with Crippen LogP contribution in [0.1, 0.15) is 41.0 Å². The molecule has 0 saturated carbocycles. The number of rotatable bonds is 10. The zero-order chi connectivity index (χ0) is 19.7. The summed E-state index contributed by atoms with van der Waals surface area (Å²) >= 11 is 0. The standard InChI is InChI=1S/C16H30N4O5/c1-6-9(4)12(17)14(22)18-7-11(21)20-13(8(2)3)15(23)19-10(5)16(24)25/h8-10,12-13H,6-7,17H2,1-5H3,(H,18,22)(H,19,23)(H,20,21)(H,24,25)/t9-,10-,12-,13-/m0/s1. The first kappa shape index (κ1) is 22.8. The Morgan fingerprint density at radius 1 is 1.00 bits per heavy atom. The van der Waals surface area contributed by atoms with Crippen molar-refractivity contribution in [3.05, 3.63) is 0 Å². The van der Waals surface area contributed by atoms with Crippen LogP contribution in [0, 0.1) is 11.8 Å². The molecule has 144 valence electrons. The minimum Gasteiger partial charge on any atom is -0.480 e. The van der Waals surface area contributed by atoms with Crippen LogP contribution in [0.5, 0.6) is 0 Å². The molecule has 0 spiro atoms. The van der Waals surface area contributed by atoms with Crippen LogP contribution in [0.2, 0.25) is 0 Å². The number of amides is 3. The molecule has 0 rings (SSSR count). The molecule has 0 saturated heterocycles. The van der Waals surface area contributed by atoms with Gasteiger partial charge in [-0.15, -0.1) is 0 Å². The summed E-state index contributed by atoms with van der Waals surface area (Å²) in [6.45, 7) is 8.20. The molecule has 0 aromatic rings. The second-order valence-corrected chi connectivity index (χ2v) is 6.49. The molecule has 9 nitrogen and oxygen atoms in total. The number of hydrogen-bond donors (Lipinski definition) is 5. The van der Waals surface area contributed by atoms with Crippen molar-refractivity contribution in [3.63, 3.8) is 0 Å². The van der Waals surface area contributed by atoms with Gasteiger partial charge in [0, 0.05) is 0 Å². The van der Waals surface area contributed by atoms with Gasteiger partial charge in [0.1, 0.15) is 12.1 Å². The van der Waals surface area contributed by atoms with Gasteiger partial charge in [-0.25, -0.2) is 0 Å². The number of nitrogens with one attached hydrogen (secondary N) is 3. The molecule has 0 heterocycles. The second-order valence-electron chi connectivity index (χ2n) is 6.49. The molecule has 0 radical (unpaired) electrons. The van der Waals surface area contributed by atoms with Crippen molar-refractivity contribution < 1.29 is 24.3 Å². The lowest BCUT2D eigenvalue weighted by molar-refractivity contribution is -0.142. The van der Waals surface area contributed by atoms with Gasteiger partial charge in [0.2, 0.25) is 17.7 Å². The molecule has 0 aliphatic carbocycles. The van der Waals surface area contributed by atoms with Gasteiger partial charge >= 0.3 is 5.97 Å². The lowest BCUT2D eigenvalue weighted by Crippen LogP contribution is -2.55. The van der Waals surface area contributed by atoms with E-state index in [0.717, 1.165) is 6.42 Å². The maximum absolute atomic E-state index is 12.1. The lowest BCUT2D eigenvalue weighted by atomic mass is 9.99. The van der Waals surface area contributed by atoms with Crippen molar-refractivity contribution in [2.75, 3.05) is 6.54 Å². The fourth-order valence-corrected chi connectivity index (χ4v) is 1.92. The highest BCUT2D eigenvalue weighted by atomic mass is 16.4. The van der Waals surface area contributed by atoms with E-state index in [9.17, 15) is 19.2 Å². The molecule has 0 unspecified atom stereocenters. The first-order valence-electron chi connectivity index (χ1n) is 8.37. The predicted molar refractivity (Wildman–Crippen MR) is 92.4 cm³/mol. The highest BCUT2D eigenvalue weighted by molar-refractivity contribution is 5.92. The second kappa shape index (κ2) is 10.7. The summed E-state index contributed by atoms with van der Waals surface area (Å²) < 4.78 is 0. The minimum atomic E-state index is -1.17. The summed E-state index contributed by atoms with van der Waals surface area (Å²) in [7, 11) is 0. The van der Waals surface area contributed by atoms with Crippen molar-refractivity contribution in [3.8, 4) is 0 Å². The molecule has 25 heavy (non-hydrogen) atoms. The van der Waals surface area contributed by atoms with Crippen molar-refractivity contribution in [2.45, 2.75) is 59.2 Å². The van der Waals surface area contributed by atoms with E-state index in [1.807, 2.05) is 13.8 Å². The normalized spacial score (nSPS) is 15.6. The fraction of sp³-hybridized carbons (Fsp3) is 0.750. The third kappa shape index (κ3) is 7.97. The van der Waals surface area contributed by atoms with Crippen LogP contribution in [0.4, 0.5) is 0 Å². The van der Waals surface area contributed by atoms with E-state index in [2.05, 4.69) is 16.0 Å². The summed E-state index contributed by atoms with van der Waals surface area (Å²) in [4.78, 5) is 46.8. The molecule has 6 N–H and O–H groups in total. The van der Waals surface area contributed by atoms with Crippen LogP contribution in [0.15, 0.2) is 0 Å². The van der Waals surface area contributed by atoms with E-state index in [4.69, 9.17) is 10.8 Å². The summed E-state index contributed by atoms with van der Waals surface area (Å²) in [5.41, 5.74) is 5.77. The number of hydrogen-bond acceptors (Lipinski definition) is 5. The Kier molecular flexibility index (Phi) is 9.73. The number of carboxylic acids is 1. The molecule has 0 aliphatic rings. The predicted octanol–water partition coefficient (Wildman–Crippen LogP) is -0.794. The maximum Gasteiger partial charge on any atom is 0.325 e. The van der Waals surface area contributed by atoms with Crippen LogP contribution < -0.4 is 21.7 Å². The van der Waals surface area contributed by atoms with Crippen molar-refractivity contribution in [1.29, 1.82) is 0 Å². The summed E-state index contributed by atoms with van der Waals surface area (Å²) in [6, 6.07) is -2.69. The molecular formula is C16H30N4O5. The van der Waals surface area contributed by atoms with Gasteiger partial charge in [-0.1, -0.05) is 34.1 Å².